The van der Waals surface area contributed by atoms with E-state index < -0.39 is 0 Å². The monoisotopic (exact) mass is 170 g/mol. The van der Waals surface area contributed by atoms with Crippen LogP contribution in [0.15, 0.2) is 5.38 Å². The summed E-state index contributed by atoms with van der Waals surface area (Å²) in [7, 11) is 1.91. The molecule has 1 aromatic heterocycles. The first-order valence-electron chi connectivity index (χ1n) is 3.99. The largest absolute Gasteiger partial charge is 0.365 e. The zero-order valence-electron chi connectivity index (χ0n) is 7.05. The Labute approximate surface area is 71.7 Å². The molecule has 11 heavy (non-hydrogen) atoms. The number of anilines is 1. The quantitative estimate of drug-likeness (QED) is 0.751. The lowest BCUT2D eigenvalue weighted by atomic mass is 10.2. The summed E-state index contributed by atoms with van der Waals surface area (Å²) in [4.78, 5) is 4.37. The molecule has 0 saturated heterocycles. The fourth-order valence-corrected chi connectivity index (χ4v) is 1.60. The van der Waals surface area contributed by atoms with Gasteiger partial charge in [0.25, 0.3) is 0 Å². The minimum absolute atomic E-state index is 1.02. The molecule has 3 heteroatoms. The van der Waals surface area contributed by atoms with Crippen LogP contribution in [-0.4, -0.2) is 12.0 Å². The van der Waals surface area contributed by atoms with Gasteiger partial charge in [0.05, 0.1) is 5.69 Å². The highest BCUT2D eigenvalue weighted by molar-refractivity contribution is 7.13. The zero-order chi connectivity index (χ0) is 8.10. The Morgan fingerprint density at radius 1 is 1.64 bits per heavy atom. The smallest absolute Gasteiger partial charge is 0.182 e. The average Bonchev–Trinajstić information content (AvgIpc) is 2.48. The summed E-state index contributed by atoms with van der Waals surface area (Å²) in [5, 5.41) is 6.18. The Bertz CT molecular complexity index is 208. The molecule has 0 bridgehead atoms. The van der Waals surface area contributed by atoms with Crippen LogP contribution in [0, 0.1) is 0 Å². The third kappa shape index (κ3) is 2.50. The summed E-state index contributed by atoms with van der Waals surface area (Å²) in [6.45, 7) is 2.20. The molecule has 0 aliphatic carbocycles. The van der Waals surface area contributed by atoms with Crippen molar-refractivity contribution in [3.8, 4) is 0 Å². The zero-order valence-corrected chi connectivity index (χ0v) is 7.87. The third-order valence-corrected chi connectivity index (χ3v) is 2.46. The fourth-order valence-electron chi connectivity index (χ4n) is 0.895. The van der Waals surface area contributed by atoms with Gasteiger partial charge in [-0.1, -0.05) is 13.3 Å². The summed E-state index contributed by atoms with van der Waals surface area (Å²) in [6.07, 6.45) is 3.61. The van der Waals surface area contributed by atoms with Crippen LogP contribution in [0.1, 0.15) is 25.5 Å². The SMILES string of the molecule is CCCCc1csc(NC)n1. The number of hydrogen-bond donors (Lipinski definition) is 1. The van der Waals surface area contributed by atoms with Crippen molar-refractivity contribution >= 4 is 16.5 Å². The molecule has 1 heterocycles. The van der Waals surface area contributed by atoms with Gasteiger partial charge in [-0.25, -0.2) is 4.98 Å². The first-order chi connectivity index (χ1) is 5.36. The van der Waals surface area contributed by atoms with E-state index in [-0.39, 0.29) is 0 Å². The van der Waals surface area contributed by atoms with Crippen LogP contribution < -0.4 is 5.32 Å². The van der Waals surface area contributed by atoms with Crippen molar-refractivity contribution in [1.82, 2.24) is 4.98 Å². The lowest BCUT2D eigenvalue weighted by Crippen LogP contribution is -1.88. The van der Waals surface area contributed by atoms with E-state index in [4.69, 9.17) is 0 Å². The first kappa shape index (κ1) is 8.53. The molecule has 0 aliphatic heterocycles. The molecule has 0 unspecified atom stereocenters. The van der Waals surface area contributed by atoms with E-state index in [9.17, 15) is 0 Å². The van der Waals surface area contributed by atoms with E-state index >= 15 is 0 Å². The summed E-state index contributed by atoms with van der Waals surface area (Å²) in [6, 6.07) is 0. The van der Waals surface area contributed by atoms with Crippen LogP contribution in [0.25, 0.3) is 0 Å². The molecule has 62 valence electrons. The van der Waals surface area contributed by atoms with E-state index in [1.807, 2.05) is 7.05 Å². The van der Waals surface area contributed by atoms with Crippen LogP contribution >= 0.6 is 11.3 Å². The van der Waals surface area contributed by atoms with Gasteiger partial charge in [0.1, 0.15) is 0 Å². The molecule has 1 rings (SSSR count). The number of hydrogen-bond acceptors (Lipinski definition) is 3. The van der Waals surface area contributed by atoms with Gasteiger partial charge in [-0.3, -0.25) is 0 Å². The molecule has 0 aliphatic rings. The van der Waals surface area contributed by atoms with Crippen molar-refractivity contribution in [3.05, 3.63) is 11.1 Å². The van der Waals surface area contributed by atoms with Crippen LogP contribution in [0.5, 0.6) is 0 Å². The maximum absolute atomic E-state index is 4.37. The normalized spacial score (nSPS) is 10.0. The van der Waals surface area contributed by atoms with Gasteiger partial charge in [-0.2, -0.15) is 0 Å². The van der Waals surface area contributed by atoms with Gasteiger partial charge < -0.3 is 5.32 Å². The van der Waals surface area contributed by atoms with Gasteiger partial charge in [0.2, 0.25) is 0 Å². The molecular formula is C8H14N2S. The molecule has 0 spiro atoms. The van der Waals surface area contributed by atoms with E-state index in [1.165, 1.54) is 18.5 Å². The standard InChI is InChI=1S/C8H14N2S/c1-3-4-5-7-6-11-8(9-2)10-7/h6H,3-5H2,1-2H3,(H,9,10). The van der Waals surface area contributed by atoms with Crippen molar-refractivity contribution in [2.24, 2.45) is 0 Å². The number of unbranched alkanes of at least 4 members (excludes halogenated alkanes) is 1. The Kier molecular flexibility index (Phi) is 3.36. The van der Waals surface area contributed by atoms with E-state index in [1.54, 1.807) is 11.3 Å². The average molecular weight is 170 g/mol. The molecular weight excluding hydrogens is 156 g/mol. The predicted molar refractivity (Wildman–Crippen MR) is 50.3 cm³/mol. The third-order valence-electron chi connectivity index (χ3n) is 1.55. The van der Waals surface area contributed by atoms with Crippen LogP contribution in [0.3, 0.4) is 0 Å². The number of thiazole rings is 1. The Hall–Kier alpha value is -0.570. The minimum Gasteiger partial charge on any atom is -0.365 e. The summed E-state index contributed by atoms with van der Waals surface area (Å²) < 4.78 is 0. The predicted octanol–water partition coefficient (Wildman–Crippen LogP) is 2.53. The second-order valence-corrected chi connectivity index (χ2v) is 3.36. The Morgan fingerprint density at radius 2 is 2.45 bits per heavy atom. The maximum atomic E-state index is 4.37. The number of aryl methyl sites for hydroxylation is 1. The molecule has 0 saturated carbocycles. The highest BCUT2D eigenvalue weighted by Crippen LogP contribution is 2.15. The molecule has 0 atom stereocenters. The summed E-state index contributed by atoms with van der Waals surface area (Å²) >= 11 is 1.68. The fraction of sp³-hybridized carbons (Fsp3) is 0.625. The second kappa shape index (κ2) is 4.34. The topological polar surface area (TPSA) is 24.9 Å². The van der Waals surface area contributed by atoms with Crippen LogP contribution in [-0.2, 0) is 6.42 Å². The van der Waals surface area contributed by atoms with Crippen molar-refractivity contribution in [1.29, 1.82) is 0 Å². The van der Waals surface area contributed by atoms with E-state index in [0.29, 0.717) is 0 Å². The minimum atomic E-state index is 1.02. The van der Waals surface area contributed by atoms with Crippen molar-refractivity contribution in [3.63, 3.8) is 0 Å². The molecule has 0 amide bonds. The van der Waals surface area contributed by atoms with Gasteiger partial charge in [0, 0.05) is 12.4 Å². The van der Waals surface area contributed by atoms with Crippen LogP contribution in [0.2, 0.25) is 0 Å². The highest BCUT2D eigenvalue weighted by Gasteiger charge is 1.97. The van der Waals surface area contributed by atoms with Crippen molar-refractivity contribution in [2.75, 3.05) is 12.4 Å². The molecule has 0 aromatic carbocycles. The lowest BCUT2D eigenvalue weighted by Gasteiger charge is -1.91. The highest BCUT2D eigenvalue weighted by atomic mass is 32.1. The summed E-state index contributed by atoms with van der Waals surface area (Å²) in [5.74, 6) is 0. The molecule has 0 radical (unpaired) electrons. The number of rotatable bonds is 4. The number of nitrogens with one attached hydrogen (secondary N) is 1. The Balaban J connectivity index is 2.44. The van der Waals surface area contributed by atoms with Crippen molar-refractivity contribution in [2.45, 2.75) is 26.2 Å². The van der Waals surface area contributed by atoms with E-state index in [0.717, 1.165) is 11.6 Å². The summed E-state index contributed by atoms with van der Waals surface area (Å²) in [5.41, 5.74) is 1.22. The molecule has 2 nitrogen and oxygen atoms in total. The number of nitrogens with zero attached hydrogens (tertiary/aromatic N) is 1. The van der Waals surface area contributed by atoms with Gasteiger partial charge in [-0.15, -0.1) is 11.3 Å². The molecule has 1 aromatic rings. The van der Waals surface area contributed by atoms with E-state index in [2.05, 4.69) is 22.6 Å². The van der Waals surface area contributed by atoms with Gasteiger partial charge in [-0.05, 0) is 12.8 Å². The van der Waals surface area contributed by atoms with Crippen molar-refractivity contribution < 1.29 is 0 Å². The van der Waals surface area contributed by atoms with Crippen LogP contribution in [0.4, 0.5) is 5.13 Å². The molecule has 1 N–H and O–H groups in total. The maximum Gasteiger partial charge on any atom is 0.182 e. The second-order valence-electron chi connectivity index (χ2n) is 2.50. The number of aromatic nitrogens is 1. The lowest BCUT2D eigenvalue weighted by molar-refractivity contribution is 0.781. The van der Waals surface area contributed by atoms with Gasteiger partial charge in [0.15, 0.2) is 5.13 Å². The molecule has 0 fully saturated rings. The first-order valence-corrected chi connectivity index (χ1v) is 4.87. The van der Waals surface area contributed by atoms with Gasteiger partial charge >= 0.3 is 0 Å². The Morgan fingerprint density at radius 3 is 3.00 bits per heavy atom.